The second-order valence-corrected chi connectivity index (χ2v) is 4.82. The van der Waals surface area contributed by atoms with Gasteiger partial charge in [0.25, 0.3) is 0 Å². The molecule has 0 bridgehead atoms. The summed E-state index contributed by atoms with van der Waals surface area (Å²) in [6.45, 7) is 6.97. The summed E-state index contributed by atoms with van der Waals surface area (Å²) in [5.74, 6) is 0. The second kappa shape index (κ2) is 3.42. The van der Waals surface area contributed by atoms with Gasteiger partial charge >= 0.3 is 0 Å². The Kier molecular flexibility index (Phi) is 2.75. The Morgan fingerprint density at radius 3 is 2.55 bits per heavy atom. The third kappa shape index (κ3) is 3.60. The van der Waals surface area contributed by atoms with Crippen molar-refractivity contribution < 1.29 is 0 Å². The fraction of sp³-hybridized carbons (Fsp3) is 0.818. The Bertz CT molecular complexity index is 146. The van der Waals surface area contributed by atoms with E-state index in [2.05, 4.69) is 26.8 Å². The van der Waals surface area contributed by atoms with E-state index in [1.807, 2.05) is 0 Å². The molecule has 0 saturated carbocycles. The van der Waals surface area contributed by atoms with Crippen LogP contribution < -0.4 is 0 Å². The molecule has 0 aromatic rings. The summed E-state index contributed by atoms with van der Waals surface area (Å²) in [5, 5.41) is 0. The molecule has 0 atom stereocenters. The quantitative estimate of drug-likeness (QED) is 0.526. The molecule has 11 heavy (non-hydrogen) atoms. The van der Waals surface area contributed by atoms with Gasteiger partial charge in [-0.15, -0.1) is 0 Å². The Balaban J connectivity index is 2.22. The lowest BCUT2D eigenvalue weighted by Gasteiger charge is -2.17. The van der Waals surface area contributed by atoms with Gasteiger partial charge in [-0.3, -0.25) is 0 Å². The molecular weight excluding hydrogens is 132 g/mol. The second-order valence-electron chi connectivity index (χ2n) is 4.82. The minimum Gasteiger partial charge on any atom is -0.0853 e. The molecule has 0 spiro atoms. The molecule has 1 rings (SSSR count). The summed E-state index contributed by atoms with van der Waals surface area (Å²) in [4.78, 5) is 0. The van der Waals surface area contributed by atoms with Crippen molar-refractivity contribution in [1.82, 2.24) is 0 Å². The van der Waals surface area contributed by atoms with E-state index in [0.717, 1.165) is 0 Å². The van der Waals surface area contributed by atoms with E-state index >= 15 is 0 Å². The molecule has 0 unspecified atom stereocenters. The third-order valence-electron chi connectivity index (χ3n) is 2.33. The van der Waals surface area contributed by atoms with Crippen LogP contribution in [0.5, 0.6) is 0 Å². The van der Waals surface area contributed by atoms with Crippen LogP contribution in [0.3, 0.4) is 0 Å². The van der Waals surface area contributed by atoms with Crippen molar-refractivity contribution in [3.05, 3.63) is 11.6 Å². The number of hydrogen-bond donors (Lipinski definition) is 0. The van der Waals surface area contributed by atoms with Gasteiger partial charge in [0.05, 0.1) is 0 Å². The number of rotatable bonds is 2. The van der Waals surface area contributed by atoms with Crippen LogP contribution in [0.2, 0.25) is 0 Å². The van der Waals surface area contributed by atoms with Crippen molar-refractivity contribution in [1.29, 1.82) is 0 Å². The van der Waals surface area contributed by atoms with Gasteiger partial charge in [0.1, 0.15) is 0 Å². The highest BCUT2D eigenvalue weighted by atomic mass is 14.2. The summed E-state index contributed by atoms with van der Waals surface area (Å²) < 4.78 is 0. The zero-order valence-corrected chi connectivity index (χ0v) is 8.11. The number of hydrogen-bond acceptors (Lipinski definition) is 0. The van der Waals surface area contributed by atoms with Crippen molar-refractivity contribution >= 4 is 0 Å². The summed E-state index contributed by atoms with van der Waals surface area (Å²) in [7, 11) is 0. The molecule has 0 heteroatoms. The predicted molar refractivity (Wildman–Crippen MR) is 50.6 cm³/mol. The lowest BCUT2D eigenvalue weighted by Crippen LogP contribution is -2.04. The first kappa shape index (κ1) is 8.83. The van der Waals surface area contributed by atoms with Crippen LogP contribution in [0, 0.1) is 5.41 Å². The van der Waals surface area contributed by atoms with Gasteiger partial charge in [0.15, 0.2) is 0 Å². The zero-order chi connectivity index (χ0) is 8.32. The molecule has 1 aliphatic rings. The van der Waals surface area contributed by atoms with Crippen LogP contribution in [0.25, 0.3) is 0 Å². The van der Waals surface area contributed by atoms with Crippen LogP contribution >= 0.6 is 0 Å². The van der Waals surface area contributed by atoms with Gasteiger partial charge in [0, 0.05) is 0 Å². The Morgan fingerprint density at radius 1 is 1.36 bits per heavy atom. The van der Waals surface area contributed by atoms with Crippen molar-refractivity contribution in [2.24, 2.45) is 5.41 Å². The highest BCUT2D eigenvalue weighted by molar-refractivity contribution is 5.07. The topological polar surface area (TPSA) is 0 Å². The SMILES string of the molecule is CC(C)(C)CCC1=CCCC1. The summed E-state index contributed by atoms with van der Waals surface area (Å²) in [6.07, 6.45) is 9.23. The van der Waals surface area contributed by atoms with Crippen molar-refractivity contribution in [3.8, 4) is 0 Å². The smallest absolute Gasteiger partial charge is 0.0315 e. The summed E-state index contributed by atoms with van der Waals surface area (Å²) in [5.41, 5.74) is 2.23. The molecule has 0 aromatic carbocycles. The molecule has 0 amide bonds. The van der Waals surface area contributed by atoms with E-state index in [1.54, 1.807) is 5.57 Å². The highest BCUT2D eigenvalue weighted by Crippen LogP contribution is 2.28. The van der Waals surface area contributed by atoms with Crippen molar-refractivity contribution in [2.75, 3.05) is 0 Å². The molecule has 64 valence electrons. The first-order valence-electron chi connectivity index (χ1n) is 4.76. The lowest BCUT2D eigenvalue weighted by molar-refractivity contribution is 0.376. The molecule has 0 saturated heterocycles. The standard InChI is InChI=1S/C11H20/c1-11(2,3)9-8-10-6-4-5-7-10/h6H,4-5,7-9H2,1-3H3. The predicted octanol–water partition coefficient (Wildman–Crippen LogP) is 3.92. The molecule has 0 N–H and O–H groups in total. The fourth-order valence-electron chi connectivity index (χ4n) is 1.50. The lowest BCUT2D eigenvalue weighted by atomic mass is 9.88. The Hall–Kier alpha value is -0.260. The normalized spacial score (nSPS) is 18.6. The van der Waals surface area contributed by atoms with Gasteiger partial charge in [-0.05, 0) is 37.5 Å². The third-order valence-corrected chi connectivity index (χ3v) is 2.33. The van der Waals surface area contributed by atoms with Gasteiger partial charge < -0.3 is 0 Å². The Morgan fingerprint density at radius 2 is 2.09 bits per heavy atom. The van der Waals surface area contributed by atoms with Gasteiger partial charge in [-0.25, -0.2) is 0 Å². The van der Waals surface area contributed by atoms with Crippen LogP contribution in [-0.4, -0.2) is 0 Å². The van der Waals surface area contributed by atoms with E-state index in [0.29, 0.717) is 5.41 Å². The zero-order valence-electron chi connectivity index (χ0n) is 8.11. The van der Waals surface area contributed by atoms with E-state index in [9.17, 15) is 0 Å². The van der Waals surface area contributed by atoms with Crippen LogP contribution in [0.4, 0.5) is 0 Å². The molecule has 0 fully saturated rings. The molecular formula is C11H20. The van der Waals surface area contributed by atoms with Crippen molar-refractivity contribution in [2.45, 2.75) is 52.9 Å². The monoisotopic (exact) mass is 152 g/mol. The minimum atomic E-state index is 0.517. The first-order valence-corrected chi connectivity index (χ1v) is 4.76. The molecule has 0 nitrogen and oxygen atoms in total. The summed E-state index contributed by atoms with van der Waals surface area (Å²) >= 11 is 0. The van der Waals surface area contributed by atoms with E-state index < -0.39 is 0 Å². The molecule has 0 radical (unpaired) electrons. The minimum absolute atomic E-state index is 0.517. The van der Waals surface area contributed by atoms with Gasteiger partial charge in [0.2, 0.25) is 0 Å². The molecule has 0 aromatic heterocycles. The van der Waals surface area contributed by atoms with Crippen LogP contribution in [0.1, 0.15) is 52.9 Å². The van der Waals surface area contributed by atoms with Crippen LogP contribution in [0.15, 0.2) is 11.6 Å². The van der Waals surface area contributed by atoms with Gasteiger partial charge in [-0.1, -0.05) is 32.4 Å². The van der Waals surface area contributed by atoms with Crippen molar-refractivity contribution in [3.63, 3.8) is 0 Å². The maximum absolute atomic E-state index is 2.44. The molecule has 0 aliphatic heterocycles. The largest absolute Gasteiger partial charge is 0.0853 e. The first-order chi connectivity index (χ1) is 5.08. The van der Waals surface area contributed by atoms with E-state index in [4.69, 9.17) is 0 Å². The number of allylic oxidation sites excluding steroid dienone is 2. The van der Waals surface area contributed by atoms with E-state index in [1.165, 1.54) is 32.1 Å². The molecule has 1 aliphatic carbocycles. The Labute approximate surface area is 70.7 Å². The highest BCUT2D eigenvalue weighted by Gasteiger charge is 2.12. The average molecular weight is 152 g/mol. The summed E-state index contributed by atoms with van der Waals surface area (Å²) in [6, 6.07) is 0. The fourth-order valence-corrected chi connectivity index (χ4v) is 1.50. The van der Waals surface area contributed by atoms with Gasteiger partial charge in [-0.2, -0.15) is 0 Å². The maximum Gasteiger partial charge on any atom is -0.0315 e. The van der Waals surface area contributed by atoms with E-state index in [-0.39, 0.29) is 0 Å². The maximum atomic E-state index is 2.44. The molecule has 0 heterocycles. The van der Waals surface area contributed by atoms with Crippen LogP contribution in [-0.2, 0) is 0 Å². The average Bonchev–Trinajstić information content (AvgIpc) is 2.32.